The monoisotopic (exact) mass is 463 g/mol. The normalized spacial score (nSPS) is 11.2. The number of aryl methyl sites for hydroxylation is 4. The second kappa shape index (κ2) is 9.15. The Balaban J connectivity index is 1.52. The van der Waals surface area contributed by atoms with Crippen molar-refractivity contribution in [2.24, 2.45) is 0 Å². The van der Waals surface area contributed by atoms with Crippen molar-refractivity contribution in [2.45, 2.75) is 40.7 Å². The van der Waals surface area contributed by atoms with Gasteiger partial charge in [0.1, 0.15) is 0 Å². The van der Waals surface area contributed by atoms with E-state index in [1.165, 1.54) is 11.3 Å². The number of thiazole rings is 1. The summed E-state index contributed by atoms with van der Waals surface area (Å²) in [7, 11) is 0. The van der Waals surface area contributed by atoms with Crippen molar-refractivity contribution in [3.63, 3.8) is 0 Å². The van der Waals surface area contributed by atoms with Crippen molar-refractivity contribution in [1.29, 1.82) is 0 Å². The first-order valence-corrected chi connectivity index (χ1v) is 11.6. The maximum Gasteiger partial charge on any atom is 0.338 e. The quantitative estimate of drug-likeness (QED) is 0.417. The maximum absolute atomic E-state index is 12.7. The van der Waals surface area contributed by atoms with E-state index in [0.717, 1.165) is 32.3 Å². The topological polar surface area (TPSA) is 90.3 Å². The van der Waals surface area contributed by atoms with E-state index in [1.807, 2.05) is 26.8 Å². The van der Waals surface area contributed by atoms with Crippen molar-refractivity contribution >= 4 is 49.5 Å². The van der Waals surface area contributed by atoms with E-state index in [1.54, 1.807) is 35.8 Å². The van der Waals surface area contributed by atoms with Crippen molar-refractivity contribution in [1.82, 2.24) is 9.55 Å². The van der Waals surface area contributed by atoms with E-state index in [-0.39, 0.29) is 30.4 Å². The molecular weight excluding hydrogens is 438 g/mol. The van der Waals surface area contributed by atoms with E-state index in [4.69, 9.17) is 4.74 Å². The Morgan fingerprint density at radius 1 is 1.09 bits per heavy atom. The van der Waals surface area contributed by atoms with E-state index < -0.39 is 0 Å². The summed E-state index contributed by atoms with van der Waals surface area (Å²) in [4.78, 5) is 41.7. The van der Waals surface area contributed by atoms with Crippen LogP contribution in [0.4, 0.5) is 5.13 Å². The second-order valence-electron chi connectivity index (χ2n) is 8.02. The SMILES string of the molecule is CCOC(=O)c1ccc2nc(NC(=O)CCn3c(=O)cc(C)c4cc(C)cc(C)c43)sc2c1. The molecule has 170 valence electrons. The van der Waals surface area contributed by atoms with Crippen LogP contribution >= 0.6 is 11.3 Å². The van der Waals surface area contributed by atoms with Gasteiger partial charge < -0.3 is 14.6 Å². The Kier molecular flexibility index (Phi) is 6.29. The van der Waals surface area contributed by atoms with Gasteiger partial charge in [0, 0.05) is 24.4 Å². The number of hydrogen-bond acceptors (Lipinski definition) is 6. The summed E-state index contributed by atoms with van der Waals surface area (Å²) in [6, 6.07) is 10.8. The first-order chi connectivity index (χ1) is 15.8. The van der Waals surface area contributed by atoms with Crippen LogP contribution < -0.4 is 10.9 Å². The fourth-order valence-electron chi connectivity index (χ4n) is 4.01. The molecule has 0 radical (unpaired) electrons. The van der Waals surface area contributed by atoms with Crippen LogP contribution in [-0.4, -0.2) is 28.0 Å². The number of carbonyl (C=O) groups excluding carboxylic acids is 2. The minimum Gasteiger partial charge on any atom is -0.462 e. The molecule has 0 fully saturated rings. The molecule has 0 aliphatic heterocycles. The number of esters is 1. The molecule has 4 rings (SSSR count). The molecule has 0 saturated carbocycles. The average Bonchev–Trinajstić information content (AvgIpc) is 3.15. The predicted octanol–water partition coefficient (Wildman–Crippen LogP) is 4.74. The molecule has 8 heteroatoms. The average molecular weight is 464 g/mol. The van der Waals surface area contributed by atoms with E-state index >= 15 is 0 Å². The number of amides is 1. The fourth-order valence-corrected chi connectivity index (χ4v) is 4.93. The number of anilines is 1. The van der Waals surface area contributed by atoms with Crippen LogP contribution in [0.1, 0.15) is 40.4 Å². The van der Waals surface area contributed by atoms with E-state index in [2.05, 4.69) is 16.4 Å². The largest absolute Gasteiger partial charge is 0.462 e. The lowest BCUT2D eigenvalue weighted by atomic mass is 10.0. The second-order valence-corrected chi connectivity index (χ2v) is 9.05. The number of benzene rings is 2. The van der Waals surface area contributed by atoms with Gasteiger partial charge in [0.25, 0.3) is 5.56 Å². The molecule has 7 nitrogen and oxygen atoms in total. The van der Waals surface area contributed by atoms with Crippen molar-refractivity contribution in [3.8, 4) is 0 Å². The number of nitrogens with zero attached hydrogens (tertiary/aromatic N) is 2. The molecule has 4 aromatic rings. The Bertz CT molecular complexity index is 1450. The lowest BCUT2D eigenvalue weighted by Crippen LogP contribution is -2.24. The van der Waals surface area contributed by atoms with E-state index in [9.17, 15) is 14.4 Å². The van der Waals surface area contributed by atoms with Gasteiger partial charge in [-0.25, -0.2) is 9.78 Å². The van der Waals surface area contributed by atoms with Gasteiger partial charge in [0.05, 0.1) is 27.9 Å². The van der Waals surface area contributed by atoms with Gasteiger partial charge in [-0.3, -0.25) is 9.59 Å². The smallest absolute Gasteiger partial charge is 0.338 e. The molecule has 0 bridgehead atoms. The zero-order chi connectivity index (χ0) is 23.7. The fraction of sp³-hybridized carbons (Fsp3) is 0.280. The van der Waals surface area contributed by atoms with Gasteiger partial charge in [-0.15, -0.1) is 0 Å². The molecule has 0 spiro atoms. The molecule has 2 aromatic heterocycles. The third-order valence-electron chi connectivity index (χ3n) is 5.45. The van der Waals surface area contributed by atoms with Gasteiger partial charge in [-0.1, -0.05) is 23.0 Å². The summed E-state index contributed by atoms with van der Waals surface area (Å²) < 4.78 is 7.48. The van der Waals surface area contributed by atoms with Crippen molar-refractivity contribution in [2.75, 3.05) is 11.9 Å². The highest BCUT2D eigenvalue weighted by Gasteiger charge is 2.14. The summed E-state index contributed by atoms with van der Waals surface area (Å²) in [5.74, 6) is -0.621. The molecule has 0 unspecified atom stereocenters. The Morgan fingerprint density at radius 3 is 2.64 bits per heavy atom. The predicted molar refractivity (Wildman–Crippen MR) is 131 cm³/mol. The molecular formula is C25H25N3O4S. The molecule has 1 amide bonds. The maximum atomic E-state index is 12.7. The zero-order valence-corrected chi connectivity index (χ0v) is 19.8. The number of aromatic nitrogens is 2. The molecule has 0 aliphatic rings. The number of ether oxygens (including phenoxy) is 1. The zero-order valence-electron chi connectivity index (χ0n) is 19.0. The standard InChI is InChI=1S/C25H25N3O4S/c1-5-32-24(31)17-6-7-19-20(13-17)33-25(26-19)27-21(29)8-9-28-22(30)12-15(3)18-11-14(2)10-16(4)23(18)28/h6-7,10-13H,5,8-9H2,1-4H3,(H,26,27,29). The van der Waals surface area contributed by atoms with Crippen molar-refractivity contribution in [3.05, 3.63) is 69.0 Å². The van der Waals surface area contributed by atoms with Gasteiger partial charge in [0.15, 0.2) is 5.13 Å². The van der Waals surface area contributed by atoms with Crippen molar-refractivity contribution < 1.29 is 14.3 Å². The lowest BCUT2D eigenvalue weighted by Gasteiger charge is -2.15. The third-order valence-corrected chi connectivity index (χ3v) is 6.39. The minimum absolute atomic E-state index is 0.119. The number of fused-ring (bicyclic) bond motifs is 2. The Morgan fingerprint density at radius 2 is 1.88 bits per heavy atom. The Hall–Kier alpha value is -3.52. The molecule has 1 N–H and O–H groups in total. The first-order valence-electron chi connectivity index (χ1n) is 10.8. The number of hydrogen-bond donors (Lipinski definition) is 1. The molecule has 0 saturated heterocycles. The third kappa shape index (κ3) is 4.66. The highest BCUT2D eigenvalue weighted by atomic mass is 32.1. The van der Waals surface area contributed by atoms with Crippen LogP contribution in [0.25, 0.3) is 21.1 Å². The number of nitrogens with one attached hydrogen (secondary N) is 1. The van der Waals surface area contributed by atoms with Gasteiger partial charge in [-0.2, -0.15) is 0 Å². The molecule has 2 heterocycles. The molecule has 2 aromatic carbocycles. The van der Waals surface area contributed by atoms with Crippen LogP contribution in [0, 0.1) is 20.8 Å². The number of rotatable bonds is 6. The summed E-state index contributed by atoms with van der Waals surface area (Å²) in [5.41, 5.74) is 4.95. The molecule has 33 heavy (non-hydrogen) atoms. The minimum atomic E-state index is -0.389. The summed E-state index contributed by atoms with van der Waals surface area (Å²) in [6.45, 7) is 8.27. The van der Waals surface area contributed by atoms with Crippen LogP contribution in [0.15, 0.2) is 41.2 Å². The number of pyridine rings is 1. The van der Waals surface area contributed by atoms with Crippen LogP contribution in [0.5, 0.6) is 0 Å². The summed E-state index contributed by atoms with van der Waals surface area (Å²) in [5, 5.41) is 4.29. The summed E-state index contributed by atoms with van der Waals surface area (Å²) in [6.07, 6.45) is 0.134. The Labute approximate surface area is 195 Å². The number of carbonyl (C=O) groups is 2. The molecule has 0 aliphatic carbocycles. The van der Waals surface area contributed by atoms with Gasteiger partial charge in [-0.05, 0) is 63.1 Å². The highest BCUT2D eigenvalue weighted by molar-refractivity contribution is 7.22. The summed E-state index contributed by atoms with van der Waals surface area (Å²) >= 11 is 1.29. The lowest BCUT2D eigenvalue weighted by molar-refractivity contribution is -0.116. The van der Waals surface area contributed by atoms with Gasteiger partial charge in [0.2, 0.25) is 5.91 Å². The van der Waals surface area contributed by atoms with Crippen LogP contribution in [0.2, 0.25) is 0 Å². The highest BCUT2D eigenvalue weighted by Crippen LogP contribution is 2.27. The molecule has 0 atom stereocenters. The van der Waals surface area contributed by atoms with Crippen LogP contribution in [-0.2, 0) is 16.1 Å². The van der Waals surface area contributed by atoms with Crippen LogP contribution in [0.3, 0.4) is 0 Å². The van der Waals surface area contributed by atoms with E-state index in [0.29, 0.717) is 22.8 Å². The van der Waals surface area contributed by atoms with Gasteiger partial charge >= 0.3 is 5.97 Å². The first kappa shape index (κ1) is 22.7.